The van der Waals surface area contributed by atoms with Gasteiger partial charge in [-0.15, -0.1) is 0 Å². The fraction of sp³-hybridized carbons (Fsp3) is 1.00. The molecule has 2 rings (SSSR count). The molecule has 2 heterocycles. The second-order valence-electron chi connectivity index (χ2n) is 5.37. The van der Waals surface area contributed by atoms with Crippen molar-refractivity contribution in [1.82, 2.24) is 10.2 Å². The van der Waals surface area contributed by atoms with Crippen LogP contribution in [-0.4, -0.2) is 49.8 Å². The van der Waals surface area contributed by atoms with Crippen LogP contribution in [0, 0.1) is 0 Å². The van der Waals surface area contributed by atoms with Gasteiger partial charge in [-0.3, -0.25) is 4.90 Å². The zero-order chi connectivity index (χ0) is 11.4. The van der Waals surface area contributed by atoms with Gasteiger partial charge in [0, 0.05) is 25.2 Å². The Morgan fingerprint density at radius 2 is 2.12 bits per heavy atom. The molecule has 0 bridgehead atoms. The van der Waals surface area contributed by atoms with Crippen molar-refractivity contribution in [3.8, 4) is 0 Å². The second-order valence-corrected chi connectivity index (χ2v) is 5.37. The Kier molecular flexibility index (Phi) is 4.62. The third-order valence-corrected chi connectivity index (χ3v) is 4.07. The molecule has 2 fully saturated rings. The number of rotatable bonds is 3. The van der Waals surface area contributed by atoms with Crippen LogP contribution in [0.3, 0.4) is 0 Å². The molecule has 3 unspecified atom stereocenters. The lowest BCUT2D eigenvalue weighted by molar-refractivity contribution is 0.0801. The Hall–Kier alpha value is -0.120. The number of nitrogens with one attached hydrogen (secondary N) is 1. The van der Waals surface area contributed by atoms with Gasteiger partial charge in [0.1, 0.15) is 0 Å². The molecule has 3 atom stereocenters. The predicted octanol–water partition coefficient (Wildman–Crippen LogP) is 1.63. The van der Waals surface area contributed by atoms with Gasteiger partial charge in [0.2, 0.25) is 0 Å². The van der Waals surface area contributed by atoms with Gasteiger partial charge in [0.05, 0.1) is 6.10 Å². The van der Waals surface area contributed by atoms with Crippen LogP contribution in [0.5, 0.6) is 0 Å². The monoisotopic (exact) mass is 226 g/mol. The molecule has 2 saturated heterocycles. The summed E-state index contributed by atoms with van der Waals surface area (Å²) in [6.45, 7) is 5.52. The van der Waals surface area contributed by atoms with E-state index >= 15 is 0 Å². The minimum atomic E-state index is 0.413. The number of hydrogen-bond acceptors (Lipinski definition) is 3. The van der Waals surface area contributed by atoms with Gasteiger partial charge in [-0.05, 0) is 39.8 Å². The first-order valence-corrected chi connectivity index (χ1v) is 6.82. The summed E-state index contributed by atoms with van der Waals surface area (Å²) in [5, 5.41) is 3.67. The highest BCUT2D eigenvalue weighted by atomic mass is 16.5. The van der Waals surface area contributed by atoms with E-state index in [1.54, 1.807) is 0 Å². The predicted molar refractivity (Wildman–Crippen MR) is 66.7 cm³/mol. The molecule has 0 aliphatic carbocycles. The summed E-state index contributed by atoms with van der Waals surface area (Å²) in [7, 11) is 2.25. The van der Waals surface area contributed by atoms with Crippen molar-refractivity contribution in [3.63, 3.8) is 0 Å². The smallest absolute Gasteiger partial charge is 0.0702 e. The van der Waals surface area contributed by atoms with Gasteiger partial charge in [-0.2, -0.15) is 0 Å². The zero-order valence-corrected chi connectivity index (χ0v) is 10.7. The van der Waals surface area contributed by atoms with E-state index in [1.807, 2.05) is 0 Å². The third-order valence-electron chi connectivity index (χ3n) is 4.07. The molecule has 2 aliphatic heterocycles. The van der Waals surface area contributed by atoms with Crippen LogP contribution in [0.4, 0.5) is 0 Å². The molecule has 1 N–H and O–H groups in total. The molecule has 0 aromatic heterocycles. The molecule has 94 valence electrons. The molecule has 0 saturated carbocycles. The van der Waals surface area contributed by atoms with Crippen molar-refractivity contribution in [3.05, 3.63) is 0 Å². The molecule has 2 aliphatic rings. The molecule has 0 radical (unpaired) electrons. The average molecular weight is 226 g/mol. The van der Waals surface area contributed by atoms with Crippen LogP contribution in [0.15, 0.2) is 0 Å². The fourth-order valence-corrected chi connectivity index (χ4v) is 3.04. The Balaban J connectivity index is 1.78. The fourth-order valence-electron chi connectivity index (χ4n) is 3.04. The summed E-state index contributed by atoms with van der Waals surface area (Å²) in [5.74, 6) is 0. The minimum Gasteiger partial charge on any atom is -0.377 e. The first kappa shape index (κ1) is 12.3. The van der Waals surface area contributed by atoms with E-state index in [1.165, 1.54) is 45.2 Å². The molecule has 3 nitrogen and oxygen atoms in total. The summed E-state index contributed by atoms with van der Waals surface area (Å²) in [6, 6.07) is 1.32. The zero-order valence-electron chi connectivity index (χ0n) is 10.7. The summed E-state index contributed by atoms with van der Waals surface area (Å²) in [6.07, 6.45) is 7.09. The number of likely N-dealkylation sites (N-methyl/N-ethyl adjacent to an activating group) is 1. The first-order valence-electron chi connectivity index (χ1n) is 6.82. The van der Waals surface area contributed by atoms with Crippen molar-refractivity contribution in [2.75, 3.05) is 26.7 Å². The number of nitrogens with zero attached hydrogens (tertiary/aromatic N) is 1. The van der Waals surface area contributed by atoms with E-state index < -0.39 is 0 Å². The van der Waals surface area contributed by atoms with Gasteiger partial charge in [0.15, 0.2) is 0 Å². The quantitative estimate of drug-likeness (QED) is 0.791. The summed E-state index contributed by atoms with van der Waals surface area (Å²) >= 11 is 0. The largest absolute Gasteiger partial charge is 0.377 e. The molecule has 0 amide bonds. The summed E-state index contributed by atoms with van der Waals surface area (Å²) in [5.41, 5.74) is 0. The van der Waals surface area contributed by atoms with Crippen LogP contribution in [-0.2, 0) is 4.74 Å². The van der Waals surface area contributed by atoms with Gasteiger partial charge in [0.25, 0.3) is 0 Å². The number of ether oxygens (including phenoxy) is 1. The minimum absolute atomic E-state index is 0.413. The van der Waals surface area contributed by atoms with E-state index in [0.29, 0.717) is 18.2 Å². The van der Waals surface area contributed by atoms with Crippen molar-refractivity contribution >= 4 is 0 Å². The van der Waals surface area contributed by atoms with Crippen LogP contribution in [0.2, 0.25) is 0 Å². The van der Waals surface area contributed by atoms with Crippen LogP contribution in [0.25, 0.3) is 0 Å². The normalized spacial score (nSPS) is 36.6. The SMILES string of the molecule is CC1OCCC1N(C)CC1CCCCCN1. The summed E-state index contributed by atoms with van der Waals surface area (Å²) in [4.78, 5) is 2.50. The first-order chi connectivity index (χ1) is 7.77. The van der Waals surface area contributed by atoms with E-state index in [2.05, 4.69) is 24.2 Å². The molecule has 0 aromatic carbocycles. The van der Waals surface area contributed by atoms with E-state index in [-0.39, 0.29) is 0 Å². The van der Waals surface area contributed by atoms with Crippen LogP contribution < -0.4 is 5.32 Å². The average Bonchev–Trinajstić information content (AvgIpc) is 2.53. The molecule has 3 heteroatoms. The molecular formula is C13H26N2O. The van der Waals surface area contributed by atoms with E-state index in [4.69, 9.17) is 4.74 Å². The maximum Gasteiger partial charge on any atom is 0.0702 e. The maximum absolute atomic E-state index is 5.64. The van der Waals surface area contributed by atoms with Crippen LogP contribution in [0.1, 0.15) is 39.0 Å². The topological polar surface area (TPSA) is 24.5 Å². The molecule has 0 aromatic rings. The lowest BCUT2D eigenvalue weighted by atomic mass is 10.1. The molecular weight excluding hydrogens is 200 g/mol. The molecule has 16 heavy (non-hydrogen) atoms. The van der Waals surface area contributed by atoms with Gasteiger partial charge < -0.3 is 10.1 Å². The van der Waals surface area contributed by atoms with E-state index in [0.717, 1.165) is 6.61 Å². The van der Waals surface area contributed by atoms with Gasteiger partial charge in [-0.1, -0.05) is 12.8 Å². The van der Waals surface area contributed by atoms with E-state index in [9.17, 15) is 0 Å². The summed E-state index contributed by atoms with van der Waals surface area (Å²) < 4.78 is 5.64. The second kappa shape index (κ2) is 5.99. The third kappa shape index (κ3) is 3.19. The Labute approximate surface area is 99.5 Å². The Morgan fingerprint density at radius 1 is 1.25 bits per heavy atom. The van der Waals surface area contributed by atoms with Gasteiger partial charge >= 0.3 is 0 Å². The Bertz CT molecular complexity index is 202. The highest BCUT2D eigenvalue weighted by Crippen LogP contribution is 2.19. The standard InChI is InChI=1S/C13H26N2O/c1-11-13(7-9-16-11)15(2)10-12-6-4-3-5-8-14-12/h11-14H,3-10H2,1-2H3. The van der Waals surface area contributed by atoms with Gasteiger partial charge in [-0.25, -0.2) is 0 Å². The lowest BCUT2D eigenvalue weighted by Crippen LogP contribution is -2.45. The Morgan fingerprint density at radius 3 is 2.88 bits per heavy atom. The van der Waals surface area contributed by atoms with Crippen molar-refractivity contribution in [2.24, 2.45) is 0 Å². The van der Waals surface area contributed by atoms with Crippen LogP contribution >= 0.6 is 0 Å². The lowest BCUT2D eigenvalue weighted by Gasteiger charge is -2.30. The van der Waals surface area contributed by atoms with Crippen molar-refractivity contribution < 1.29 is 4.74 Å². The highest BCUT2D eigenvalue weighted by molar-refractivity contribution is 4.83. The number of hydrogen-bond donors (Lipinski definition) is 1. The maximum atomic E-state index is 5.64. The van der Waals surface area contributed by atoms with Crippen molar-refractivity contribution in [1.29, 1.82) is 0 Å². The van der Waals surface area contributed by atoms with Crippen molar-refractivity contribution in [2.45, 2.75) is 57.2 Å². The highest BCUT2D eigenvalue weighted by Gasteiger charge is 2.28. The molecule has 0 spiro atoms.